The predicted molar refractivity (Wildman–Crippen MR) is 76.1 cm³/mol. The molecule has 2 aromatic heterocycles. The maximum atomic E-state index is 4.49. The van der Waals surface area contributed by atoms with E-state index in [-0.39, 0.29) is 0 Å². The molecule has 0 saturated heterocycles. The fraction of sp³-hybridized carbons (Fsp3) is 0.643. The molecule has 0 aliphatic heterocycles. The molecule has 19 heavy (non-hydrogen) atoms. The fourth-order valence-electron chi connectivity index (χ4n) is 3.26. The van der Waals surface area contributed by atoms with Crippen LogP contribution in [0, 0.1) is 5.92 Å². The Morgan fingerprint density at radius 2 is 2.05 bits per heavy atom. The van der Waals surface area contributed by atoms with Crippen molar-refractivity contribution in [3.63, 3.8) is 0 Å². The Balaban J connectivity index is 1.99. The van der Waals surface area contributed by atoms with Crippen LogP contribution in [-0.4, -0.2) is 32.8 Å². The van der Waals surface area contributed by atoms with Gasteiger partial charge in [0.1, 0.15) is 12.1 Å². The van der Waals surface area contributed by atoms with Crippen LogP contribution in [-0.2, 0) is 7.05 Å². The zero-order chi connectivity index (χ0) is 13.4. The van der Waals surface area contributed by atoms with Gasteiger partial charge in [0.25, 0.3) is 0 Å². The van der Waals surface area contributed by atoms with Gasteiger partial charge < -0.3 is 4.90 Å². The van der Waals surface area contributed by atoms with Crippen molar-refractivity contribution >= 4 is 16.9 Å². The van der Waals surface area contributed by atoms with E-state index in [1.807, 2.05) is 13.2 Å². The molecule has 1 aliphatic rings. The highest BCUT2D eigenvalue weighted by atomic mass is 15.3. The van der Waals surface area contributed by atoms with Gasteiger partial charge in [0.15, 0.2) is 5.65 Å². The first-order valence-electron chi connectivity index (χ1n) is 7.04. The summed E-state index contributed by atoms with van der Waals surface area (Å²) < 4.78 is 1.80. The molecule has 0 N–H and O–H groups in total. The van der Waals surface area contributed by atoms with E-state index < -0.39 is 0 Å². The summed E-state index contributed by atoms with van der Waals surface area (Å²) in [5.74, 6) is 1.73. The second-order valence-corrected chi connectivity index (χ2v) is 5.64. The van der Waals surface area contributed by atoms with Gasteiger partial charge in [0, 0.05) is 20.1 Å². The highest BCUT2D eigenvalue weighted by Gasteiger charge is 2.27. The normalized spacial score (nSPS) is 23.7. The number of aromatic nitrogens is 4. The van der Waals surface area contributed by atoms with Crippen LogP contribution in [0.15, 0.2) is 12.5 Å². The van der Waals surface area contributed by atoms with Crippen LogP contribution in [0.5, 0.6) is 0 Å². The van der Waals surface area contributed by atoms with Crippen molar-refractivity contribution < 1.29 is 0 Å². The Bertz CT molecular complexity index is 576. The molecule has 1 fully saturated rings. The van der Waals surface area contributed by atoms with Crippen LogP contribution < -0.4 is 4.90 Å². The van der Waals surface area contributed by atoms with Gasteiger partial charge in [-0.1, -0.05) is 19.8 Å². The molecule has 0 bridgehead atoms. The van der Waals surface area contributed by atoms with Crippen molar-refractivity contribution in [2.24, 2.45) is 13.0 Å². The Morgan fingerprint density at radius 3 is 2.84 bits per heavy atom. The summed E-state index contributed by atoms with van der Waals surface area (Å²) in [5, 5.41) is 5.34. The summed E-state index contributed by atoms with van der Waals surface area (Å²) in [4.78, 5) is 11.1. The monoisotopic (exact) mass is 259 g/mol. The summed E-state index contributed by atoms with van der Waals surface area (Å²) in [6.45, 7) is 2.35. The molecule has 102 valence electrons. The fourth-order valence-corrected chi connectivity index (χ4v) is 3.26. The van der Waals surface area contributed by atoms with Crippen LogP contribution >= 0.6 is 0 Å². The molecule has 5 heteroatoms. The molecule has 2 atom stereocenters. The molecule has 5 nitrogen and oxygen atoms in total. The second kappa shape index (κ2) is 4.79. The van der Waals surface area contributed by atoms with Gasteiger partial charge in [0.2, 0.25) is 0 Å². The number of hydrogen-bond acceptors (Lipinski definition) is 4. The first-order valence-corrected chi connectivity index (χ1v) is 7.04. The molecule has 1 saturated carbocycles. The van der Waals surface area contributed by atoms with Gasteiger partial charge in [-0.05, 0) is 18.8 Å². The van der Waals surface area contributed by atoms with Crippen molar-refractivity contribution in [1.82, 2.24) is 19.7 Å². The topological polar surface area (TPSA) is 46.8 Å². The van der Waals surface area contributed by atoms with E-state index in [2.05, 4.69) is 33.9 Å². The van der Waals surface area contributed by atoms with E-state index in [9.17, 15) is 0 Å². The van der Waals surface area contributed by atoms with Crippen LogP contribution in [0.3, 0.4) is 0 Å². The Labute approximate surface area is 113 Å². The predicted octanol–water partition coefficient (Wildman–Crippen LogP) is 2.38. The lowest BCUT2D eigenvalue weighted by molar-refractivity contribution is 0.321. The number of anilines is 1. The van der Waals surface area contributed by atoms with Gasteiger partial charge in [-0.25, -0.2) is 9.97 Å². The third-order valence-corrected chi connectivity index (χ3v) is 4.41. The highest BCUT2D eigenvalue weighted by Crippen LogP contribution is 2.31. The lowest BCUT2D eigenvalue weighted by Gasteiger charge is -2.37. The Kier molecular flexibility index (Phi) is 3.12. The summed E-state index contributed by atoms with van der Waals surface area (Å²) >= 11 is 0. The number of aryl methyl sites for hydroxylation is 1. The molecular weight excluding hydrogens is 238 g/mol. The number of fused-ring (bicyclic) bond motifs is 1. The molecular formula is C14H21N5. The van der Waals surface area contributed by atoms with Crippen molar-refractivity contribution in [3.05, 3.63) is 12.5 Å². The van der Waals surface area contributed by atoms with E-state index in [4.69, 9.17) is 0 Å². The SMILES string of the molecule is C[C@@H]1CCCC[C@@H]1N(C)c1ncnc2c1cnn2C. The smallest absolute Gasteiger partial charge is 0.163 e. The lowest BCUT2D eigenvalue weighted by atomic mass is 9.85. The minimum absolute atomic E-state index is 0.576. The molecule has 0 spiro atoms. The van der Waals surface area contributed by atoms with Gasteiger partial charge in [-0.3, -0.25) is 4.68 Å². The van der Waals surface area contributed by atoms with Crippen LogP contribution in [0.2, 0.25) is 0 Å². The minimum Gasteiger partial charge on any atom is -0.356 e. The summed E-state index contributed by atoms with van der Waals surface area (Å²) in [7, 11) is 4.07. The van der Waals surface area contributed by atoms with Crippen molar-refractivity contribution in [1.29, 1.82) is 0 Å². The molecule has 0 radical (unpaired) electrons. The lowest BCUT2D eigenvalue weighted by Crippen LogP contribution is -2.39. The van der Waals surface area contributed by atoms with E-state index >= 15 is 0 Å². The van der Waals surface area contributed by atoms with Crippen molar-refractivity contribution in [2.45, 2.75) is 38.6 Å². The quantitative estimate of drug-likeness (QED) is 0.830. The van der Waals surface area contributed by atoms with Gasteiger partial charge in [-0.15, -0.1) is 0 Å². The average Bonchev–Trinajstić information content (AvgIpc) is 2.80. The van der Waals surface area contributed by atoms with Crippen LogP contribution in [0.1, 0.15) is 32.6 Å². The van der Waals surface area contributed by atoms with Crippen LogP contribution in [0.25, 0.3) is 11.0 Å². The Hall–Kier alpha value is -1.65. The van der Waals surface area contributed by atoms with Crippen molar-refractivity contribution in [2.75, 3.05) is 11.9 Å². The van der Waals surface area contributed by atoms with Gasteiger partial charge in [-0.2, -0.15) is 5.10 Å². The number of nitrogens with zero attached hydrogens (tertiary/aromatic N) is 5. The number of rotatable bonds is 2. The third-order valence-electron chi connectivity index (χ3n) is 4.41. The van der Waals surface area contributed by atoms with E-state index in [1.54, 1.807) is 11.0 Å². The maximum Gasteiger partial charge on any atom is 0.163 e. The zero-order valence-electron chi connectivity index (χ0n) is 11.9. The largest absolute Gasteiger partial charge is 0.356 e. The zero-order valence-corrected chi connectivity index (χ0v) is 11.9. The average molecular weight is 259 g/mol. The molecule has 1 aliphatic carbocycles. The second-order valence-electron chi connectivity index (χ2n) is 5.64. The van der Waals surface area contributed by atoms with E-state index in [1.165, 1.54) is 25.7 Å². The summed E-state index contributed by atoms with van der Waals surface area (Å²) in [5.41, 5.74) is 0.903. The van der Waals surface area contributed by atoms with E-state index in [0.717, 1.165) is 22.8 Å². The number of hydrogen-bond donors (Lipinski definition) is 0. The first kappa shape index (κ1) is 12.4. The molecule has 2 aromatic rings. The maximum absolute atomic E-state index is 4.49. The van der Waals surface area contributed by atoms with Crippen LogP contribution in [0.4, 0.5) is 5.82 Å². The molecule has 2 heterocycles. The molecule has 0 unspecified atom stereocenters. The standard InChI is InChI=1S/C14H21N5/c1-10-6-4-5-7-12(10)18(2)13-11-8-17-19(3)14(11)16-9-15-13/h8-10,12H,4-7H2,1-3H3/t10-,12+/m1/s1. The summed E-state index contributed by atoms with van der Waals surface area (Å²) in [6, 6.07) is 0.576. The minimum atomic E-state index is 0.576. The molecule has 3 rings (SSSR count). The molecule has 0 amide bonds. The van der Waals surface area contributed by atoms with Crippen molar-refractivity contribution in [3.8, 4) is 0 Å². The highest BCUT2D eigenvalue weighted by molar-refractivity contribution is 5.86. The summed E-state index contributed by atoms with van der Waals surface area (Å²) in [6.07, 6.45) is 8.76. The van der Waals surface area contributed by atoms with E-state index in [0.29, 0.717) is 6.04 Å². The Morgan fingerprint density at radius 1 is 1.26 bits per heavy atom. The molecule has 0 aromatic carbocycles. The van der Waals surface area contributed by atoms with Gasteiger partial charge >= 0.3 is 0 Å². The van der Waals surface area contributed by atoms with Gasteiger partial charge in [0.05, 0.1) is 11.6 Å². The first-order chi connectivity index (χ1) is 9.18. The third kappa shape index (κ3) is 2.07.